The molecule has 5 heteroatoms. The minimum absolute atomic E-state index is 0.292. The summed E-state index contributed by atoms with van der Waals surface area (Å²) in [5, 5.41) is 1.11. The van der Waals surface area contributed by atoms with Gasteiger partial charge in [-0.05, 0) is 48.2 Å². The van der Waals surface area contributed by atoms with Crippen LogP contribution in [0.1, 0.15) is 5.56 Å². The van der Waals surface area contributed by atoms with Crippen molar-refractivity contribution in [2.75, 3.05) is 0 Å². The second kappa shape index (κ2) is 6.64. The van der Waals surface area contributed by atoms with Crippen LogP contribution in [0, 0.1) is 6.92 Å². The van der Waals surface area contributed by atoms with Gasteiger partial charge in [0, 0.05) is 12.4 Å². The summed E-state index contributed by atoms with van der Waals surface area (Å²) in [5.41, 5.74) is 3.82. The summed E-state index contributed by atoms with van der Waals surface area (Å²) in [4.78, 5) is 0.292. The number of rotatable bonds is 3. The maximum Gasteiger partial charge on any atom is 0.264 e. The first kappa shape index (κ1) is 17.8. The highest BCUT2D eigenvalue weighted by atomic mass is 32.2. The normalized spacial score (nSPS) is 18.5. The van der Waals surface area contributed by atoms with Gasteiger partial charge < -0.3 is 4.57 Å². The first-order valence-electron chi connectivity index (χ1n) is 9.49. The Morgan fingerprint density at radius 3 is 2.55 bits per heavy atom. The molecule has 2 aromatic carbocycles. The van der Waals surface area contributed by atoms with Crippen molar-refractivity contribution in [1.29, 1.82) is 0 Å². The first-order valence-corrected chi connectivity index (χ1v) is 10.9. The molecule has 0 saturated carbocycles. The monoisotopic (exact) mass is 400 g/mol. The molecule has 2 heterocycles. The number of sulfonamides is 1. The summed E-state index contributed by atoms with van der Waals surface area (Å²) in [6, 6.07) is 16.8. The second-order valence-electron chi connectivity index (χ2n) is 7.28. The van der Waals surface area contributed by atoms with Gasteiger partial charge >= 0.3 is 0 Å². The standard InChI is InChI=1S/C24H20N2O2S/c1-18-10-12-22(13-11-18)29(27,28)26-17-21(16-20-7-3-5-9-24(20)26)25-15-14-19-6-2-4-8-23(19)25/h2-17,24H,1H3. The lowest BCUT2D eigenvalue weighted by Crippen LogP contribution is -2.38. The van der Waals surface area contributed by atoms with Crippen LogP contribution in [-0.2, 0) is 10.0 Å². The summed E-state index contributed by atoms with van der Waals surface area (Å²) in [6.07, 6.45) is 13.5. The zero-order valence-electron chi connectivity index (χ0n) is 15.9. The van der Waals surface area contributed by atoms with Crippen LogP contribution in [0.3, 0.4) is 0 Å². The minimum atomic E-state index is -3.71. The summed E-state index contributed by atoms with van der Waals surface area (Å²) >= 11 is 0. The molecule has 1 unspecified atom stereocenters. The van der Waals surface area contributed by atoms with E-state index in [4.69, 9.17) is 0 Å². The van der Waals surface area contributed by atoms with Gasteiger partial charge in [0.25, 0.3) is 10.0 Å². The molecule has 0 spiro atoms. The smallest absolute Gasteiger partial charge is 0.264 e. The maximum atomic E-state index is 13.5. The molecular formula is C24H20N2O2S. The van der Waals surface area contributed by atoms with Crippen LogP contribution in [0.5, 0.6) is 0 Å². The van der Waals surface area contributed by atoms with Crippen LogP contribution >= 0.6 is 0 Å². The average molecular weight is 401 g/mol. The molecule has 3 aromatic rings. The van der Waals surface area contributed by atoms with Gasteiger partial charge in [0.1, 0.15) is 0 Å². The predicted molar refractivity (Wildman–Crippen MR) is 117 cm³/mol. The summed E-state index contributed by atoms with van der Waals surface area (Å²) in [7, 11) is -3.71. The topological polar surface area (TPSA) is 42.3 Å². The molecule has 0 bridgehead atoms. The van der Waals surface area contributed by atoms with Crippen LogP contribution in [0.2, 0.25) is 0 Å². The van der Waals surface area contributed by atoms with E-state index in [1.807, 2.05) is 78.4 Å². The predicted octanol–water partition coefficient (Wildman–Crippen LogP) is 4.87. The van der Waals surface area contributed by atoms with Gasteiger partial charge in [-0.25, -0.2) is 8.42 Å². The molecule has 1 aliphatic carbocycles. The number of benzene rings is 2. The number of fused-ring (bicyclic) bond motifs is 2. The minimum Gasteiger partial charge on any atom is -0.315 e. The van der Waals surface area contributed by atoms with E-state index in [0.717, 1.165) is 27.7 Å². The number of nitrogens with zero attached hydrogens (tertiary/aromatic N) is 2. The summed E-state index contributed by atoms with van der Waals surface area (Å²) < 4.78 is 30.5. The Bertz CT molecular complexity index is 1320. The fraction of sp³-hybridized carbons (Fsp3) is 0.0833. The van der Waals surface area contributed by atoms with Gasteiger partial charge in [-0.2, -0.15) is 0 Å². The van der Waals surface area contributed by atoms with Gasteiger partial charge in [0.2, 0.25) is 0 Å². The molecule has 5 rings (SSSR count). The fourth-order valence-electron chi connectivity index (χ4n) is 3.82. The molecule has 1 aromatic heterocycles. The van der Waals surface area contributed by atoms with Crippen molar-refractivity contribution in [3.8, 4) is 0 Å². The molecule has 0 saturated heterocycles. The number of aromatic nitrogens is 1. The quantitative estimate of drug-likeness (QED) is 0.629. The number of para-hydroxylation sites is 1. The number of hydrogen-bond donors (Lipinski definition) is 0. The molecule has 0 radical (unpaired) electrons. The Balaban J connectivity index is 1.67. The van der Waals surface area contributed by atoms with Crippen LogP contribution in [-0.4, -0.2) is 23.3 Å². The average Bonchev–Trinajstić information content (AvgIpc) is 3.17. The van der Waals surface area contributed by atoms with Gasteiger partial charge in [-0.1, -0.05) is 60.2 Å². The van der Waals surface area contributed by atoms with Crippen molar-refractivity contribution in [2.24, 2.45) is 0 Å². The third-order valence-electron chi connectivity index (χ3n) is 5.36. The van der Waals surface area contributed by atoms with Crippen molar-refractivity contribution >= 4 is 26.6 Å². The zero-order chi connectivity index (χ0) is 20.0. The summed E-state index contributed by atoms with van der Waals surface area (Å²) in [6.45, 7) is 1.95. The Hall–Kier alpha value is -3.31. The molecule has 0 amide bonds. The zero-order valence-corrected chi connectivity index (χ0v) is 16.8. The molecule has 4 nitrogen and oxygen atoms in total. The Morgan fingerprint density at radius 2 is 1.72 bits per heavy atom. The van der Waals surface area contributed by atoms with E-state index in [1.54, 1.807) is 18.3 Å². The highest BCUT2D eigenvalue weighted by Gasteiger charge is 2.33. The maximum absolute atomic E-state index is 13.5. The number of allylic oxidation sites excluding steroid dienone is 4. The van der Waals surface area contributed by atoms with Crippen LogP contribution < -0.4 is 0 Å². The molecule has 0 fully saturated rings. The molecule has 2 aliphatic rings. The van der Waals surface area contributed by atoms with E-state index in [0.29, 0.717) is 4.90 Å². The van der Waals surface area contributed by atoms with Gasteiger partial charge in [-0.3, -0.25) is 4.31 Å². The molecular weight excluding hydrogens is 380 g/mol. The SMILES string of the molecule is Cc1ccc(S(=O)(=O)N2C=C(n3ccc4ccccc43)C=C3C=CC=CC32)cc1. The van der Waals surface area contributed by atoms with Crippen molar-refractivity contribution in [2.45, 2.75) is 17.9 Å². The first-order chi connectivity index (χ1) is 14.0. The van der Waals surface area contributed by atoms with E-state index in [-0.39, 0.29) is 6.04 Å². The third kappa shape index (κ3) is 2.95. The number of aryl methyl sites for hydroxylation is 1. The van der Waals surface area contributed by atoms with E-state index in [2.05, 4.69) is 12.1 Å². The van der Waals surface area contributed by atoms with Crippen LogP contribution in [0.4, 0.5) is 0 Å². The summed E-state index contributed by atoms with van der Waals surface area (Å²) in [5.74, 6) is 0. The molecule has 29 heavy (non-hydrogen) atoms. The van der Waals surface area contributed by atoms with E-state index in [1.165, 1.54) is 4.31 Å². The van der Waals surface area contributed by atoms with Crippen LogP contribution in [0.25, 0.3) is 16.6 Å². The van der Waals surface area contributed by atoms with Gasteiger partial charge in [-0.15, -0.1) is 0 Å². The highest BCUT2D eigenvalue weighted by molar-refractivity contribution is 7.89. The van der Waals surface area contributed by atoms with Crippen molar-refractivity contribution < 1.29 is 8.42 Å². The van der Waals surface area contributed by atoms with Crippen LogP contribution in [0.15, 0.2) is 108 Å². The van der Waals surface area contributed by atoms with E-state index in [9.17, 15) is 8.42 Å². The molecule has 1 aliphatic heterocycles. The van der Waals surface area contributed by atoms with Crippen molar-refractivity contribution in [1.82, 2.24) is 8.87 Å². The Kier molecular flexibility index (Phi) is 4.07. The van der Waals surface area contributed by atoms with E-state index < -0.39 is 10.0 Å². The molecule has 0 N–H and O–H groups in total. The van der Waals surface area contributed by atoms with E-state index >= 15 is 0 Å². The lowest BCUT2D eigenvalue weighted by atomic mass is 9.99. The molecule has 1 atom stereocenters. The largest absolute Gasteiger partial charge is 0.315 e. The second-order valence-corrected chi connectivity index (χ2v) is 9.12. The Morgan fingerprint density at radius 1 is 0.931 bits per heavy atom. The lowest BCUT2D eigenvalue weighted by molar-refractivity contribution is 0.477. The molecule has 144 valence electrons. The fourth-order valence-corrected chi connectivity index (χ4v) is 5.28. The van der Waals surface area contributed by atoms with Gasteiger partial charge in [0.05, 0.1) is 22.2 Å². The highest BCUT2D eigenvalue weighted by Crippen LogP contribution is 2.33. The lowest BCUT2D eigenvalue weighted by Gasteiger charge is -2.34. The Labute approximate surface area is 170 Å². The number of hydrogen-bond acceptors (Lipinski definition) is 2. The van der Waals surface area contributed by atoms with Crippen molar-refractivity contribution in [3.05, 3.63) is 109 Å². The van der Waals surface area contributed by atoms with Gasteiger partial charge in [0.15, 0.2) is 0 Å². The third-order valence-corrected chi connectivity index (χ3v) is 7.11. The van der Waals surface area contributed by atoms with Crippen molar-refractivity contribution in [3.63, 3.8) is 0 Å².